The van der Waals surface area contributed by atoms with Crippen LogP contribution in [0.15, 0.2) is 18.3 Å². The van der Waals surface area contributed by atoms with E-state index in [9.17, 15) is 4.21 Å². The van der Waals surface area contributed by atoms with E-state index in [1.807, 2.05) is 12.1 Å². The Hall–Kier alpha value is -0.980. The number of hydrogen-bond donors (Lipinski definition) is 2. The molecule has 5 nitrogen and oxygen atoms in total. The van der Waals surface area contributed by atoms with Gasteiger partial charge in [-0.3, -0.25) is 9.11 Å². The van der Waals surface area contributed by atoms with Gasteiger partial charge >= 0.3 is 0 Å². The maximum absolute atomic E-state index is 11.2. The first-order valence-electron chi connectivity index (χ1n) is 5.27. The molecule has 0 aromatic carbocycles. The summed E-state index contributed by atoms with van der Waals surface area (Å²) in [6, 6.07) is 3.91. The molecule has 0 aliphatic carbocycles. The molecule has 0 saturated carbocycles. The molecular formula is C10H16N4OS. The molecule has 1 aromatic heterocycles. The molecule has 0 amide bonds. The molecule has 6 heteroatoms. The zero-order valence-corrected chi connectivity index (χ0v) is 9.87. The molecule has 0 bridgehead atoms. The molecule has 1 aliphatic heterocycles. The van der Waals surface area contributed by atoms with Crippen LogP contribution in [0.1, 0.15) is 5.56 Å². The molecule has 88 valence electrons. The van der Waals surface area contributed by atoms with Gasteiger partial charge in [0.25, 0.3) is 0 Å². The Balaban J connectivity index is 2.00. The molecule has 2 heterocycles. The second kappa shape index (κ2) is 5.38. The normalized spacial score (nSPS) is 18.6. The third-order valence-corrected chi connectivity index (χ3v) is 3.97. The van der Waals surface area contributed by atoms with Crippen LogP contribution in [0.25, 0.3) is 0 Å². The second-order valence-electron chi connectivity index (χ2n) is 3.78. The van der Waals surface area contributed by atoms with Crippen molar-refractivity contribution in [1.29, 1.82) is 0 Å². The number of hydrazine groups is 1. The van der Waals surface area contributed by atoms with Crippen molar-refractivity contribution in [3.63, 3.8) is 0 Å². The lowest BCUT2D eigenvalue weighted by molar-refractivity contribution is 0.291. The fourth-order valence-corrected chi connectivity index (χ4v) is 2.90. The highest BCUT2D eigenvalue weighted by Gasteiger charge is 2.16. The van der Waals surface area contributed by atoms with Crippen molar-refractivity contribution in [2.45, 2.75) is 6.54 Å². The van der Waals surface area contributed by atoms with Crippen molar-refractivity contribution >= 4 is 16.6 Å². The van der Waals surface area contributed by atoms with E-state index in [1.165, 1.54) is 0 Å². The fraction of sp³-hybridized carbons (Fsp3) is 0.500. The molecule has 0 unspecified atom stereocenters. The Morgan fingerprint density at radius 3 is 2.94 bits per heavy atom. The Labute approximate surface area is 97.5 Å². The molecule has 1 aromatic rings. The van der Waals surface area contributed by atoms with Crippen molar-refractivity contribution in [3.8, 4) is 0 Å². The number of nitrogens with zero attached hydrogens (tertiary/aromatic N) is 2. The topological polar surface area (TPSA) is 71.2 Å². The Morgan fingerprint density at radius 2 is 2.25 bits per heavy atom. The van der Waals surface area contributed by atoms with E-state index < -0.39 is 10.8 Å². The van der Waals surface area contributed by atoms with Gasteiger partial charge in [-0.1, -0.05) is 6.07 Å². The maximum Gasteiger partial charge on any atom is 0.144 e. The van der Waals surface area contributed by atoms with E-state index >= 15 is 0 Å². The van der Waals surface area contributed by atoms with Crippen LogP contribution >= 0.6 is 0 Å². The van der Waals surface area contributed by atoms with Crippen LogP contribution in [0.2, 0.25) is 0 Å². The molecule has 0 spiro atoms. The summed E-state index contributed by atoms with van der Waals surface area (Å²) in [6.07, 6.45) is 1.71. The van der Waals surface area contributed by atoms with Crippen LogP contribution in [0.5, 0.6) is 0 Å². The van der Waals surface area contributed by atoms with Gasteiger partial charge in [-0.05, 0) is 6.07 Å². The van der Waals surface area contributed by atoms with Crippen LogP contribution in [-0.4, -0.2) is 38.7 Å². The van der Waals surface area contributed by atoms with Gasteiger partial charge in [-0.15, -0.1) is 0 Å². The molecule has 1 aliphatic rings. The monoisotopic (exact) mass is 240 g/mol. The van der Waals surface area contributed by atoms with Gasteiger partial charge in [0.1, 0.15) is 5.82 Å². The predicted molar refractivity (Wildman–Crippen MR) is 65.2 cm³/mol. The first-order valence-corrected chi connectivity index (χ1v) is 6.76. The molecule has 0 atom stereocenters. The largest absolute Gasteiger partial charge is 0.308 e. The van der Waals surface area contributed by atoms with Crippen molar-refractivity contribution in [2.75, 3.05) is 30.0 Å². The number of nitrogen functional groups attached to an aromatic ring is 1. The standard InChI is InChI=1S/C10H16N4OS/c11-13-10-9(2-1-3-12-10)8-14-4-6-16(15)7-5-14/h1-3H,4-8,11H2,(H,12,13). The lowest BCUT2D eigenvalue weighted by atomic mass is 10.2. The highest BCUT2D eigenvalue weighted by molar-refractivity contribution is 7.85. The Kier molecular flexibility index (Phi) is 3.87. The Morgan fingerprint density at radius 1 is 1.50 bits per heavy atom. The van der Waals surface area contributed by atoms with E-state index in [-0.39, 0.29) is 0 Å². The number of aromatic nitrogens is 1. The minimum atomic E-state index is -0.624. The van der Waals surface area contributed by atoms with Crippen LogP contribution in [0.3, 0.4) is 0 Å². The Bertz CT molecular complexity index is 375. The minimum Gasteiger partial charge on any atom is -0.308 e. The van der Waals surface area contributed by atoms with Crippen LogP contribution in [0, 0.1) is 0 Å². The smallest absolute Gasteiger partial charge is 0.144 e. The number of pyridine rings is 1. The third-order valence-electron chi connectivity index (χ3n) is 2.69. The summed E-state index contributed by atoms with van der Waals surface area (Å²) < 4.78 is 11.2. The van der Waals surface area contributed by atoms with Gasteiger partial charge < -0.3 is 5.43 Å². The molecule has 2 rings (SSSR count). The number of nitrogens with two attached hydrogens (primary N) is 1. The lowest BCUT2D eigenvalue weighted by Crippen LogP contribution is -2.37. The van der Waals surface area contributed by atoms with Crippen molar-refractivity contribution in [1.82, 2.24) is 9.88 Å². The van der Waals surface area contributed by atoms with E-state index in [2.05, 4.69) is 15.3 Å². The summed E-state index contributed by atoms with van der Waals surface area (Å²) in [5.74, 6) is 7.65. The summed E-state index contributed by atoms with van der Waals surface area (Å²) in [7, 11) is -0.624. The van der Waals surface area contributed by atoms with Gasteiger partial charge in [0.2, 0.25) is 0 Å². The zero-order valence-electron chi connectivity index (χ0n) is 9.06. The van der Waals surface area contributed by atoms with Crippen LogP contribution in [0.4, 0.5) is 5.82 Å². The highest BCUT2D eigenvalue weighted by atomic mass is 32.2. The van der Waals surface area contributed by atoms with Crippen molar-refractivity contribution < 1.29 is 4.21 Å². The van der Waals surface area contributed by atoms with Crippen LogP contribution < -0.4 is 11.3 Å². The highest BCUT2D eigenvalue weighted by Crippen LogP contribution is 2.14. The SMILES string of the molecule is NNc1ncccc1CN1CCS(=O)CC1. The summed E-state index contributed by atoms with van der Waals surface area (Å²) in [5.41, 5.74) is 3.68. The summed E-state index contributed by atoms with van der Waals surface area (Å²) >= 11 is 0. The fourth-order valence-electron chi connectivity index (χ4n) is 1.77. The summed E-state index contributed by atoms with van der Waals surface area (Å²) in [6.45, 7) is 2.57. The second-order valence-corrected chi connectivity index (χ2v) is 5.48. The van der Waals surface area contributed by atoms with Crippen molar-refractivity contribution in [2.24, 2.45) is 5.84 Å². The van der Waals surface area contributed by atoms with Gasteiger partial charge in [-0.2, -0.15) is 0 Å². The molecule has 1 fully saturated rings. The van der Waals surface area contributed by atoms with E-state index in [4.69, 9.17) is 5.84 Å². The summed E-state index contributed by atoms with van der Waals surface area (Å²) in [5, 5.41) is 0. The van der Waals surface area contributed by atoms with E-state index in [0.717, 1.165) is 36.7 Å². The van der Waals surface area contributed by atoms with Gasteiger partial charge in [-0.25, -0.2) is 10.8 Å². The first-order chi connectivity index (χ1) is 7.79. The van der Waals surface area contributed by atoms with E-state index in [0.29, 0.717) is 5.82 Å². The number of rotatable bonds is 3. The molecule has 1 saturated heterocycles. The first kappa shape index (κ1) is 11.5. The lowest BCUT2D eigenvalue weighted by Gasteiger charge is -2.26. The van der Waals surface area contributed by atoms with E-state index in [1.54, 1.807) is 6.20 Å². The zero-order chi connectivity index (χ0) is 11.4. The van der Waals surface area contributed by atoms with Crippen LogP contribution in [-0.2, 0) is 17.3 Å². The number of hydrogen-bond acceptors (Lipinski definition) is 5. The summed E-state index contributed by atoms with van der Waals surface area (Å²) in [4.78, 5) is 6.43. The average Bonchev–Trinajstić information content (AvgIpc) is 2.33. The predicted octanol–water partition coefficient (Wildman–Crippen LogP) is -0.0685. The minimum absolute atomic E-state index is 0.624. The molecular weight excluding hydrogens is 224 g/mol. The van der Waals surface area contributed by atoms with Gasteiger partial charge in [0, 0.05) is 53.7 Å². The van der Waals surface area contributed by atoms with Crippen molar-refractivity contribution in [3.05, 3.63) is 23.9 Å². The number of nitrogens with one attached hydrogen (secondary N) is 1. The van der Waals surface area contributed by atoms with Gasteiger partial charge in [0.15, 0.2) is 0 Å². The quantitative estimate of drug-likeness (QED) is 0.572. The maximum atomic E-state index is 11.2. The molecule has 16 heavy (non-hydrogen) atoms. The molecule has 3 N–H and O–H groups in total. The number of anilines is 1. The molecule has 0 radical (unpaired) electrons. The average molecular weight is 240 g/mol. The third kappa shape index (κ3) is 2.78. The van der Waals surface area contributed by atoms with Gasteiger partial charge in [0.05, 0.1) is 0 Å².